The van der Waals surface area contributed by atoms with Gasteiger partial charge in [0, 0.05) is 19.2 Å². The highest BCUT2D eigenvalue weighted by molar-refractivity contribution is 7.92. The van der Waals surface area contributed by atoms with E-state index in [1.807, 2.05) is 0 Å². The summed E-state index contributed by atoms with van der Waals surface area (Å²) in [4.78, 5) is 33.1. The fraction of sp³-hybridized carbons (Fsp3) is 0.727. The van der Waals surface area contributed by atoms with Gasteiger partial charge in [-0.1, -0.05) is 0 Å². The molecule has 0 heterocycles. The number of nitrogens with two attached hydrogens (primary N) is 1. The molecule has 21 heavy (non-hydrogen) atoms. The normalized spacial score (nSPS) is 13.3. The quantitative estimate of drug-likeness (QED) is 0.441. The van der Waals surface area contributed by atoms with E-state index in [9.17, 15) is 22.8 Å². The van der Waals surface area contributed by atoms with Crippen molar-refractivity contribution in [2.45, 2.75) is 37.5 Å². The smallest absolute Gasteiger partial charge is 0.326 e. The van der Waals surface area contributed by atoms with Crippen LogP contribution < -0.4 is 16.4 Å². The Kier molecular flexibility index (Phi) is 6.61. The Morgan fingerprint density at radius 3 is 2.19 bits per heavy atom. The predicted octanol–water partition coefficient (Wildman–Crippen LogP) is -1.17. The molecular weight excluding hydrogens is 302 g/mol. The van der Waals surface area contributed by atoms with Crippen molar-refractivity contribution in [1.82, 2.24) is 10.6 Å². The zero-order valence-corrected chi connectivity index (χ0v) is 13.0. The summed E-state index contributed by atoms with van der Waals surface area (Å²) < 4.78 is 21.7. The van der Waals surface area contributed by atoms with Crippen LogP contribution in [0.5, 0.6) is 0 Å². The third-order valence-corrected chi connectivity index (χ3v) is 5.11. The molecule has 0 radical (unpaired) electrons. The van der Waals surface area contributed by atoms with Gasteiger partial charge in [0.25, 0.3) is 0 Å². The molecule has 3 amide bonds. The van der Waals surface area contributed by atoms with Gasteiger partial charge in [0.05, 0.1) is 4.75 Å². The molecular formula is C11H21N3O6S. The highest BCUT2D eigenvalue weighted by atomic mass is 32.2. The van der Waals surface area contributed by atoms with Crippen LogP contribution in [0.15, 0.2) is 0 Å². The van der Waals surface area contributed by atoms with Gasteiger partial charge >= 0.3 is 12.0 Å². The number of primary amides is 1. The molecule has 1 unspecified atom stereocenters. The largest absolute Gasteiger partial charge is 0.480 e. The summed E-state index contributed by atoms with van der Waals surface area (Å²) in [5.41, 5.74) is 4.91. The van der Waals surface area contributed by atoms with Gasteiger partial charge in [-0.25, -0.2) is 18.0 Å². The first kappa shape index (κ1) is 19.2. The third-order valence-electron chi connectivity index (χ3n) is 2.96. The molecule has 0 aromatic rings. The molecule has 0 aliphatic rings. The fourth-order valence-corrected chi connectivity index (χ4v) is 1.51. The van der Waals surface area contributed by atoms with Crippen molar-refractivity contribution in [2.75, 3.05) is 12.8 Å². The van der Waals surface area contributed by atoms with Gasteiger partial charge in [0.2, 0.25) is 5.91 Å². The number of carbonyl (C=O) groups excluding carboxylic acids is 2. The zero-order chi connectivity index (χ0) is 16.8. The van der Waals surface area contributed by atoms with Crippen LogP contribution in [0.4, 0.5) is 4.79 Å². The maximum absolute atomic E-state index is 11.6. The Labute approximate surface area is 123 Å². The minimum absolute atomic E-state index is 0.145. The lowest BCUT2D eigenvalue weighted by Gasteiger charge is -2.23. The van der Waals surface area contributed by atoms with Gasteiger partial charge < -0.3 is 21.5 Å². The van der Waals surface area contributed by atoms with Crippen LogP contribution >= 0.6 is 0 Å². The fourth-order valence-electron chi connectivity index (χ4n) is 1.18. The van der Waals surface area contributed by atoms with Gasteiger partial charge in [-0.2, -0.15) is 0 Å². The Balaban J connectivity index is 4.52. The molecule has 0 aromatic carbocycles. The van der Waals surface area contributed by atoms with Crippen LogP contribution in [0.1, 0.15) is 26.7 Å². The third kappa shape index (κ3) is 6.93. The zero-order valence-electron chi connectivity index (χ0n) is 12.2. The van der Waals surface area contributed by atoms with E-state index in [2.05, 4.69) is 10.6 Å². The minimum atomic E-state index is -3.38. The summed E-state index contributed by atoms with van der Waals surface area (Å²) in [5.74, 6) is -1.99. The molecule has 0 rings (SSSR count). The van der Waals surface area contributed by atoms with Gasteiger partial charge in [0.15, 0.2) is 9.84 Å². The lowest BCUT2D eigenvalue weighted by atomic mass is 10.1. The SMILES string of the molecule is CC(C)(CNC(=O)NC(CCC(N)=O)C(=O)O)S(C)(=O)=O. The van der Waals surface area contributed by atoms with E-state index in [-0.39, 0.29) is 19.4 Å². The van der Waals surface area contributed by atoms with Crippen LogP contribution in [-0.2, 0) is 19.4 Å². The molecule has 0 bridgehead atoms. The number of rotatable bonds is 8. The highest BCUT2D eigenvalue weighted by Gasteiger charge is 2.31. The number of carboxylic acid groups (broad SMARTS) is 1. The molecule has 0 saturated heterocycles. The number of carbonyl (C=O) groups is 3. The summed E-state index contributed by atoms with van der Waals surface area (Å²) in [6.45, 7) is 2.69. The minimum Gasteiger partial charge on any atom is -0.480 e. The molecule has 5 N–H and O–H groups in total. The molecule has 0 fully saturated rings. The Morgan fingerprint density at radius 1 is 1.29 bits per heavy atom. The lowest BCUT2D eigenvalue weighted by molar-refractivity contribution is -0.139. The predicted molar refractivity (Wildman–Crippen MR) is 75.3 cm³/mol. The van der Waals surface area contributed by atoms with E-state index in [1.165, 1.54) is 13.8 Å². The molecule has 0 aliphatic carbocycles. The second-order valence-corrected chi connectivity index (χ2v) is 7.90. The van der Waals surface area contributed by atoms with Crippen molar-refractivity contribution in [3.05, 3.63) is 0 Å². The number of urea groups is 1. The average molecular weight is 323 g/mol. The van der Waals surface area contributed by atoms with E-state index in [4.69, 9.17) is 10.8 Å². The first-order valence-corrected chi connectivity index (χ1v) is 8.01. The number of hydrogen-bond acceptors (Lipinski definition) is 5. The summed E-state index contributed by atoms with van der Waals surface area (Å²) in [6.07, 6.45) is 0.707. The second kappa shape index (κ2) is 7.25. The second-order valence-electron chi connectivity index (χ2n) is 5.25. The van der Waals surface area contributed by atoms with Crippen molar-refractivity contribution in [3.63, 3.8) is 0 Å². The van der Waals surface area contributed by atoms with Crippen LogP contribution in [0.2, 0.25) is 0 Å². The molecule has 0 spiro atoms. The van der Waals surface area contributed by atoms with Crippen LogP contribution in [0.25, 0.3) is 0 Å². The average Bonchev–Trinajstić information content (AvgIpc) is 2.29. The number of hydrogen-bond donors (Lipinski definition) is 4. The molecule has 0 saturated carbocycles. The monoisotopic (exact) mass is 323 g/mol. The molecule has 9 nitrogen and oxygen atoms in total. The molecule has 0 aromatic heterocycles. The number of carboxylic acids is 1. The topological polar surface area (TPSA) is 156 Å². The van der Waals surface area contributed by atoms with Gasteiger partial charge in [-0.15, -0.1) is 0 Å². The van der Waals surface area contributed by atoms with E-state index in [0.29, 0.717) is 0 Å². The van der Waals surface area contributed by atoms with Crippen molar-refractivity contribution in [1.29, 1.82) is 0 Å². The van der Waals surface area contributed by atoms with Gasteiger partial charge in [-0.3, -0.25) is 4.79 Å². The Morgan fingerprint density at radius 2 is 1.81 bits per heavy atom. The number of nitrogens with one attached hydrogen (secondary N) is 2. The molecule has 122 valence electrons. The Bertz CT molecular complexity index is 514. The van der Waals surface area contributed by atoms with Crippen LogP contribution in [-0.4, -0.2) is 55.0 Å². The molecule has 1 atom stereocenters. The van der Waals surface area contributed by atoms with E-state index in [0.717, 1.165) is 6.26 Å². The van der Waals surface area contributed by atoms with Crippen molar-refractivity contribution < 1.29 is 27.9 Å². The van der Waals surface area contributed by atoms with Crippen LogP contribution in [0, 0.1) is 0 Å². The highest BCUT2D eigenvalue weighted by Crippen LogP contribution is 2.13. The summed E-state index contributed by atoms with van der Waals surface area (Å²) in [7, 11) is -3.38. The molecule has 10 heteroatoms. The van der Waals surface area contributed by atoms with Gasteiger partial charge in [-0.05, 0) is 20.3 Å². The first-order valence-electron chi connectivity index (χ1n) is 6.12. The van der Waals surface area contributed by atoms with Crippen molar-refractivity contribution >= 4 is 27.7 Å². The summed E-state index contributed by atoms with van der Waals surface area (Å²) >= 11 is 0. The maximum Gasteiger partial charge on any atom is 0.326 e. The van der Waals surface area contributed by atoms with Gasteiger partial charge in [0.1, 0.15) is 6.04 Å². The summed E-state index contributed by atoms with van der Waals surface area (Å²) in [5, 5.41) is 13.3. The summed E-state index contributed by atoms with van der Waals surface area (Å²) in [6, 6.07) is -2.11. The Hall–Kier alpha value is -1.84. The standard InChI is InChI=1S/C11H21N3O6S/c1-11(2,21(3,19)20)6-13-10(18)14-7(9(16)17)4-5-8(12)15/h7H,4-6H2,1-3H3,(H2,12,15)(H,16,17)(H2,13,14,18). The number of amides is 3. The number of aliphatic carboxylic acids is 1. The number of sulfone groups is 1. The molecule has 0 aliphatic heterocycles. The van der Waals surface area contributed by atoms with Crippen LogP contribution in [0.3, 0.4) is 0 Å². The van der Waals surface area contributed by atoms with E-state index < -0.39 is 38.5 Å². The first-order chi connectivity index (χ1) is 9.36. The van der Waals surface area contributed by atoms with E-state index in [1.54, 1.807) is 0 Å². The lowest BCUT2D eigenvalue weighted by Crippen LogP contribution is -2.51. The van der Waals surface area contributed by atoms with E-state index >= 15 is 0 Å². The van der Waals surface area contributed by atoms with Crippen molar-refractivity contribution in [3.8, 4) is 0 Å². The van der Waals surface area contributed by atoms with Crippen molar-refractivity contribution in [2.24, 2.45) is 5.73 Å². The maximum atomic E-state index is 11.6.